The molecule has 2 heteroatoms. The summed E-state index contributed by atoms with van der Waals surface area (Å²) in [4.78, 5) is 12.4. The van der Waals surface area contributed by atoms with E-state index in [2.05, 4.69) is 13.8 Å². The van der Waals surface area contributed by atoms with Crippen LogP contribution in [0.5, 0.6) is 0 Å². The topological polar surface area (TPSA) is 26.3 Å². The van der Waals surface area contributed by atoms with Crippen LogP contribution in [-0.2, 0) is 9.53 Å². The molecular formula is C15H28O2. The Labute approximate surface area is 106 Å². The molecule has 0 saturated heterocycles. The molecule has 1 fully saturated rings. The molecule has 0 bridgehead atoms. The Morgan fingerprint density at radius 2 is 1.71 bits per heavy atom. The van der Waals surface area contributed by atoms with Crippen LogP contribution in [0, 0.1) is 5.92 Å². The molecule has 0 aromatic rings. The Morgan fingerprint density at radius 3 is 2.12 bits per heavy atom. The summed E-state index contributed by atoms with van der Waals surface area (Å²) in [5.41, 5.74) is -0.518. The number of hydrogen-bond acceptors (Lipinski definition) is 2. The van der Waals surface area contributed by atoms with Crippen LogP contribution < -0.4 is 0 Å². The molecule has 17 heavy (non-hydrogen) atoms. The van der Waals surface area contributed by atoms with Gasteiger partial charge in [0.2, 0.25) is 0 Å². The monoisotopic (exact) mass is 240 g/mol. The Balaban J connectivity index is 2.72. The Bertz CT molecular complexity index is 235. The van der Waals surface area contributed by atoms with E-state index in [1.807, 2.05) is 13.8 Å². The third kappa shape index (κ3) is 3.54. The lowest BCUT2D eigenvalue weighted by Crippen LogP contribution is -2.46. The summed E-state index contributed by atoms with van der Waals surface area (Å²) in [6.45, 7) is 8.11. The predicted octanol–water partition coefficient (Wildman–Crippen LogP) is 4.12. The zero-order valence-corrected chi connectivity index (χ0v) is 11.9. The first-order chi connectivity index (χ1) is 8.05. The van der Waals surface area contributed by atoms with Crippen molar-refractivity contribution < 1.29 is 9.53 Å². The molecule has 1 saturated carbocycles. The average molecular weight is 240 g/mol. The first kappa shape index (κ1) is 14.7. The van der Waals surface area contributed by atoms with Crippen LogP contribution in [0.15, 0.2) is 0 Å². The van der Waals surface area contributed by atoms with Crippen molar-refractivity contribution in [2.24, 2.45) is 5.92 Å². The van der Waals surface area contributed by atoms with Gasteiger partial charge in [-0.05, 0) is 25.7 Å². The minimum Gasteiger partial charge on any atom is -0.364 e. The average Bonchev–Trinajstić information content (AvgIpc) is 2.36. The Kier molecular flexibility index (Phi) is 5.64. The van der Waals surface area contributed by atoms with E-state index in [9.17, 15) is 4.79 Å². The van der Waals surface area contributed by atoms with Crippen LogP contribution in [0.2, 0.25) is 0 Å². The van der Waals surface area contributed by atoms with Gasteiger partial charge in [-0.25, -0.2) is 0 Å². The number of ketones is 1. The maximum atomic E-state index is 12.4. The van der Waals surface area contributed by atoms with Crippen molar-refractivity contribution in [3.63, 3.8) is 0 Å². The molecule has 0 heterocycles. The highest BCUT2D eigenvalue weighted by Crippen LogP contribution is 2.31. The van der Waals surface area contributed by atoms with Gasteiger partial charge in [0, 0.05) is 5.92 Å². The lowest BCUT2D eigenvalue weighted by atomic mass is 9.85. The van der Waals surface area contributed by atoms with E-state index in [0.29, 0.717) is 6.10 Å². The summed E-state index contributed by atoms with van der Waals surface area (Å²) in [6, 6.07) is 0. The van der Waals surface area contributed by atoms with Crippen molar-refractivity contribution in [3.8, 4) is 0 Å². The lowest BCUT2D eigenvalue weighted by molar-refractivity contribution is -0.161. The number of ether oxygens (including phenoxy) is 1. The third-order valence-corrected chi connectivity index (χ3v) is 4.06. The van der Waals surface area contributed by atoms with Gasteiger partial charge in [0.15, 0.2) is 5.78 Å². The van der Waals surface area contributed by atoms with E-state index in [0.717, 1.165) is 25.7 Å². The largest absolute Gasteiger partial charge is 0.364 e. The highest BCUT2D eigenvalue weighted by molar-refractivity contribution is 5.88. The summed E-state index contributed by atoms with van der Waals surface area (Å²) >= 11 is 0. The zero-order valence-electron chi connectivity index (χ0n) is 11.9. The quantitative estimate of drug-likeness (QED) is 0.698. The summed E-state index contributed by atoms with van der Waals surface area (Å²) in [7, 11) is 0. The molecule has 0 aromatic heterocycles. The predicted molar refractivity (Wildman–Crippen MR) is 71.1 cm³/mol. The van der Waals surface area contributed by atoms with E-state index in [1.165, 1.54) is 19.3 Å². The van der Waals surface area contributed by atoms with Crippen LogP contribution >= 0.6 is 0 Å². The van der Waals surface area contributed by atoms with Gasteiger partial charge >= 0.3 is 0 Å². The third-order valence-electron chi connectivity index (χ3n) is 4.06. The van der Waals surface area contributed by atoms with Crippen molar-refractivity contribution in [3.05, 3.63) is 0 Å². The van der Waals surface area contributed by atoms with Gasteiger partial charge in [0.25, 0.3) is 0 Å². The second-order valence-electron chi connectivity index (χ2n) is 5.60. The molecular weight excluding hydrogens is 212 g/mol. The van der Waals surface area contributed by atoms with Gasteiger partial charge in [-0.1, -0.05) is 47.0 Å². The van der Waals surface area contributed by atoms with Gasteiger partial charge in [0.1, 0.15) is 5.60 Å². The number of Topliss-reactive ketones (excluding diaryl/α,β-unsaturated/α-hetero) is 1. The van der Waals surface area contributed by atoms with E-state index < -0.39 is 5.60 Å². The fraction of sp³-hybridized carbons (Fsp3) is 0.933. The molecule has 0 unspecified atom stereocenters. The van der Waals surface area contributed by atoms with E-state index in [1.54, 1.807) is 0 Å². The number of carbonyl (C=O) groups excluding carboxylic acids is 1. The van der Waals surface area contributed by atoms with Crippen LogP contribution in [0.25, 0.3) is 0 Å². The molecule has 0 radical (unpaired) electrons. The number of rotatable bonds is 6. The molecule has 1 aliphatic carbocycles. The minimum atomic E-state index is -0.518. The van der Waals surface area contributed by atoms with Crippen LogP contribution in [-0.4, -0.2) is 17.5 Å². The summed E-state index contributed by atoms with van der Waals surface area (Å²) in [5, 5.41) is 0. The van der Waals surface area contributed by atoms with Gasteiger partial charge in [-0.15, -0.1) is 0 Å². The van der Waals surface area contributed by atoms with Crippen molar-refractivity contribution >= 4 is 5.78 Å². The minimum absolute atomic E-state index is 0.0680. The van der Waals surface area contributed by atoms with E-state index in [4.69, 9.17) is 4.74 Å². The Morgan fingerprint density at radius 1 is 1.18 bits per heavy atom. The van der Waals surface area contributed by atoms with Crippen LogP contribution in [0.4, 0.5) is 0 Å². The molecule has 0 N–H and O–H groups in total. The molecule has 2 nitrogen and oxygen atoms in total. The second kappa shape index (κ2) is 6.53. The highest BCUT2D eigenvalue weighted by Gasteiger charge is 2.39. The molecule has 0 aromatic carbocycles. The summed E-state index contributed by atoms with van der Waals surface area (Å²) < 4.78 is 6.25. The van der Waals surface area contributed by atoms with Gasteiger partial charge in [0.05, 0.1) is 6.10 Å². The van der Waals surface area contributed by atoms with Gasteiger partial charge in [-0.3, -0.25) is 4.79 Å². The van der Waals surface area contributed by atoms with Crippen molar-refractivity contribution in [1.82, 2.24) is 0 Å². The first-order valence-electron chi connectivity index (χ1n) is 7.28. The summed E-state index contributed by atoms with van der Waals surface area (Å²) in [5.74, 6) is 0.353. The maximum Gasteiger partial charge on any atom is 0.167 e. The molecule has 0 amide bonds. The van der Waals surface area contributed by atoms with Crippen molar-refractivity contribution in [2.45, 2.75) is 84.3 Å². The van der Waals surface area contributed by atoms with Gasteiger partial charge in [-0.2, -0.15) is 0 Å². The summed E-state index contributed by atoms with van der Waals surface area (Å²) in [6.07, 6.45) is 8.01. The Hall–Kier alpha value is -0.370. The van der Waals surface area contributed by atoms with E-state index >= 15 is 0 Å². The fourth-order valence-electron chi connectivity index (χ4n) is 2.85. The van der Waals surface area contributed by atoms with Crippen LogP contribution in [0.3, 0.4) is 0 Å². The fourth-order valence-corrected chi connectivity index (χ4v) is 2.85. The molecule has 1 aliphatic rings. The smallest absolute Gasteiger partial charge is 0.167 e. The normalized spacial score (nSPS) is 18.6. The molecule has 0 atom stereocenters. The number of hydrogen-bond donors (Lipinski definition) is 0. The van der Waals surface area contributed by atoms with Crippen LogP contribution in [0.1, 0.15) is 72.6 Å². The SMILES string of the molecule is CCC(CC)(OC1CCCCC1)C(=O)C(C)C. The molecule has 1 rings (SSSR count). The molecule has 100 valence electrons. The maximum absolute atomic E-state index is 12.4. The van der Waals surface area contributed by atoms with Crippen molar-refractivity contribution in [1.29, 1.82) is 0 Å². The standard InChI is InChI=1S/C15H28O2/c1-5-15(6-2,14(16)12(3)4)17-13-10-8-7-9-11-13/h12-13H,5-11H2,1-4H3. The lowest BCUT2D eigenvalue weighted by Gasteiger charge is -2.37. The van der Waals surface area contributed by atoms with E-state index in [-0.39, 0.29) is 11.7 Å². The molecule has 0 spiro atoms. The van der Waals surface area contributed by atoms with Crippen molar-refractivity contribution in [2.75, 3.05) is 0 Å². The van der Waals surface area contributed by atoms with Gasteiger partial charge < -0.3 is 4.74 Å². The zero-order chi connectivity index (χ0) is 12.9. The molecule has 0 aliphatic heterocycles. The first-order valence-corrected chi connectivity index (χ1v) is 7.28. The second-order valence-corrected chi connectivity index (χ2v) is 5.60. The highest BCUT2D eigenvalue weighted by atomic mass is 16.5. The number of carbonyl (C=O) groups is 1.